The predicted molar refractivity (Wildman–Crippen MR) is 323 cm³/mol. The average Bonchev–Trinajstić information content (AvgIpc) is 3.46. The Hall–Kier alpha value is -6.22. The van der Waals surface area contributed by atoms with Crippen LogP contribution in [0.1, 0.15) is 262 Å². The summed E-state index contributed by atoms with van der Waals surface area (Å²) in [6.07, 6.45) is 23.1. The second-order valence-electron chi connectivity index (χ2n) is 22.4. The predicted octanol–water partition coefficient (Wildman–Crippen LogP) is 6.43. The van der Waals surface area contributed by atoms with Crippen LogP contribution in [0.3, 0.4) is 0 Å². The van der Waals surface area contributed by atoms with Gasteiger partial charge in [0.15, 0.2) is 28.9 Å². The quantitative estimate of drug-likeness (QED) is 0.0305. The molecule has 6 atom stereocenters. The molecule has 0 aromatic heterocycles. The van der Waals surface area contributed by atoms with Crippen LogP contribution < -0.4 is 42.5 Å². The summed E-state index contributed by atoms with van der Waals surface area (Å²) < 4.78 is 0. The molecule has 0 aliphatic heterocycles. The SMILES string of the molecule is CC(=O)NC(CCC(=O)NCCCCC(NC(=O)CCC(NC(C)=O)C(C)=O)C(C)=O)C(C)=O.CCCCCCCCCCCCCCCCCC(=O)NC(CCC(C)=O)C(=O)NCCCCC(NC(=O)CCC(NC(C)=O)C(C)=O)C(C)=O. The minimum atomic E-state index is -0.789. The molecule has 0 heterocycles. The molecule has 0 bridgehead atoms. The molecule has 0 radical (unpaired) electrons. The largest absolute Gasteiger partial charge is 0.356 e. The number of Topliss-reactive ketones (excluding diaryl/α,β-unsaturated/α-hetero) is 6. The van der Waals surface area contributed by atoms with Gasteiger partial charge in [0.05, 0.1) is 30.2 Å². The second-order valence-corrected chi connectivity index (χ2v) is 22.4. The van der Waals surface area contributed by atoms with Crippen LogP contribution in [0.25, 0.3) is 0 Å². The fourth-order valence-corrected chi connectivity index (χ4v) is 9.12. The van der Waals surface area contributed by atoms with Crippen LogP contribution >= 0.6 is 0 Å². The number of hydrogen-bond donors (Lipinski definition) is 8. The maximum atomic E-state index is 12.9. The molecule has 6 unspecified atom stereocenters. The number of amides is 8. The Morgan fingerprint density at radius 2 is 0.548 bits per heavy atom. The molecule has 22 nitrogen and oxygen atoms in total. The minimum absolute atomic E-state index is 0.00982. The van der Waals surface area contributed by atoms with Gasteiger partial charge in [-0.2, -0.15) is 0 Å². The number of carbonyl (C=O) groups is 14. The standard InChI is InChI=1S/C39H70N4O7.C23H38N4O7/c1-6-7-8-9-10-11-12-13-14-15-16-17-18-19-20-24-37(48)43-36(26-25-30(2)44)39(50)40-29-22-21-23-34(31(3)45)42-38(49)28-27-35(32(4)46)41-33(5)47;1-14(28)19(27-23(34)12-10-21(16(3)30)26-18(5)32)8-6-7-13-24-22(33)11-9-20(15(2)29)25-17(4)31/h34-36H,6-29H2,1-5H3,(H,40,50)(H,41,47)(H,42,49)(H,43,48);19-21H,6-13H2,1-5H3,(H,24,33)(H,25,31)(H,26,32)(H,27,34). The summed E-state index contributed by atoms with van der Waals surface area (Å²) >= 11 is 0. The smallest absolute Gasteiger partial charge is 0.242 e. The van der Waals surface area contributed by atoms with E-state index in [1.54, 1.807) is 0 Å². The second kappa shape index (κ2) is 50.1. The van der Waals surface area contributed by atoms with Crippen molar-refractivity contribution in [3.63, 3.8) is 0 Å². The van der Waals surface area contributed by atoms with E-state index in [1.165, 1.54) is 139 Å². The highest BCUT2D eigenvalue weighted by Crippen LogP contribution is 2.15. The number of rotatable bonds is 50. The Kier molecular flexibility index (Phi) is 47.7. The van der Waals surface area contributed by atoms with E-state index in [-0.39, 0.29) is 133 Å². The topological polar surface area (TPSA) is 335 Å². The van der Waals surface area contributed by atoms with Crippen LogP contribution in [-0.4, -0.2) is 131 Å². The fourth-order valence-electron chi connectivity index (χ4n) is 9.12. The summed E-state index contributed by atoms with van der Waals surface area (Å²) in [7, 11) is 0. The van der Waals surface area contributed by atoms with Gasteiger partial charge < -0.3 is 47.3 Å². The highest BCUT2D eigenvalue weighted by atomic mass is 16.2. The minimum Gasteiger partial charge on any atom is -0.356 e. The zero-order valence-corrected chi connectivity index (χ0v) is 52.8. The normalized spacial score (nSPS) is 12.9. The Morgan fingerprint density at radius 3 is 0.881 bits per heavy atom. The third kappa shape index (κ3) is 47.2. The van der Waals surface area contributed by atoms with Crippen molar-refractivity contribution in [1.82, 2.24) is 42.5 Å². The highest BCUT2D eigenvalue weighted by molar-refractivity contribution is 5.91. The molecule has 0 rings (SSSR count). The van der Waals surface area contributed by atoms with Gasteiger partial charge in [0.1, 0.15) is 11.8 Å². The van der Waals surface area contributed by atoms with Gasteiger partial charge >= 0.3 is 0 Å². The molecular weight excluding hydrogens is 1080 g/mol. The van der Waals surface area contributed by atoms with E-state index in [1.807, 2.05) is 0 Å². The van der Waals surface area contributed by atoms with Crippen molar-refractivity contribution < 1.29 is 67.1 Å². The van der Waals surface area contributed by atoms with Crippen molar-refractivity contribution in [2.45, 2.75) is 298 Å². The number of nitrogens with one attached hydrogen (secondary N) is 8. The van der Waals surface area contributed by atoms with Gasteiger partial charge in [0.25, 0.3) is 0 Å². The number of hydrogen-bond acceptors (Lipinski definition) is 14. The first kappa shape index (κ1) is 79.8. The van der Waals surface area contributed by atoms with Gasteiger partial charge in [-0.25, -0.2) is 0 Å². The molecule has 84 heavy (non-hydrogen) atoms. The lowest BCUT2D eigenvalue weighted by Crippen LogP contribution is -2.47. The van der Waals surface area contributed by atoms with E-state index in [9.17, 15) is 67.1 Å². The van der Waals surface area contributed by atoms with Crippen LogP contribution in [0.4, 0.5) is 0 Å². The molecule has 0 aromatic carbocycles. The Labute approximate surface area is 501 Å². The molecule has 0 saturated heterocycles. The Morgan fingerprint density at radius 1 is 0.262 bits per heavy atom. The molecule has 0 aromatic rings. The highest BCUT2D eigenvalue weighted by Gasteiger charge is 2.24. The van der Waals surface area contributed by atoms with Crippen LogP contribution in [-0.2, 0) is 67.1 Å². The fraction of sp³-hybridized carbons (Fsp3) is 0.774. The van der Waals surface area contributed by atoms with Gasteiger partial charge in [-0.05, 0) is 112 Å². The molecule has 0 aliphatic carbocycles. The van der Waals surface area contributed by atoms with Crippen molar-refractivity contribution in [1.29, 1.82) is 0 Å². The third-order valence-electron chi connectivity index (χ3n) is 14.1. The maximum Gasteiger partial charge on any atom is 0.242 e. The van der Waals surface area contributed by atoms with Crippen LogP contribution in [0.15, 0.2) is 0 Å². The number of carbonyl (C=O) groups excluding carboxylic acids is 14. The van der Waals surface area contributed by atoms with Crippen molar-refractivity contribution in [2.75, 3.05) is 13.1 Å². The van der Waals surface area contributed by atoms with E-state index in [0.29, 0.717) is 58.0 Å². The van der Waals surface area contributed by atoms with E-state index >= 15 is 0 Å². The van der Waals surface area contributed by atoms with Gasteiger partial charge in [-0.3, -0.25) is 62.3 Å². The molecule has 0 saturated carbocycles. The molecule has 8 amide bonds. The van der Waals surface area contributed by atoms with Gasteiger partial charge in [0, 0.05) is 66.0 Å². The first-order chi connectivity index (χ1) is 39.7. The molecule has 480 valence electrons. The molecule has 0 aliphatic rings. The van der Waals surface area contributed by atoms with E-state index in [0.717, 1.165) is 19.3 Å². The van der Waals surface area contributed by atoms with Crippen molar-refractivity contribution in [2.24, 2.45) is 0 Å². The summed E-state index contributed by atoms with van der Waals surface area (Å²) in [4.78, 5) is 166. The van der Waals surface area contributed by atoms with E-state index < -0.39 is 36.3 Å². The Bertz CT molecular complexity index is 2070. The summed E-state index contributed by atoms with van der Waals surface area (Å²) in [6.45, 7) is 15.1. The number of unbranched alkanes of at least 4 members (excludes halogenated alkanes) is 16. The molecular formula is C62H108N8O14. The van der Waals surface area contributed by atoms with E-state index in [2.05, 4.69) is 49.5 Å². The van der Waals surface area contributed by atoms with Gasteiger partial charge in [-0.15, -0.1) is 0 Å². The molecule has 0 spiro atoms. The van der Waals surface area contributed by atoms with Crippen molar-refractivity contribution in [3.8, 4) is 0 Å². The summed E-state index contributed by atoms with van der Waals surface area (Å²) in [5.41, 5.74) is 0. The molecule has 8 N–H and O–H groups in total. The zero-order chi connectivity index (χ0) is 63.8. The van der Waals surface area contributed by atoms with Crippen LogP contribution in [0.2, 0.25) is 0 Å². The third-order valence-corrected chi connectivity index (χ3v) is 14.1. The lowest BCUT2D eigenvalue weighted by Gasteiger charge is -2.19. The monoisotopic (exact) mass is 1190 g/mol. The van der Waals surface area contributed by atoms with Crippen LogP contribution in [0.5, 0.6) is 0 Å². The molecule has 22 heteroatoms. The Balaban J connectivity index is 0. The number of ketones is 6. The summed E-state index contributed by atoms with van der Waals surface area (Å²) in [5, 5.41) is 21.3. The summed E-state index contributed by atoms with van der Waals surface area (Å²) in [5.74, 6) is -3.76. The first-order valence-electron chi connectivity index (χ1n) is 31.0. The molecule has 0 fully saturated rings. The maximum absolute atomic E-state index is 12.9. The lowest BCUT2D eigenvalue weighted by atomic mass is 10.0. The van der Waals surface area contributed by atoms with Gasteiger partial charge in [0.2, 0.25) is 47.3 Å². The summed E-state index contributed by atoms with van der Waals surface area (Å²) in [6, 6.07) is -4.34. The zero-order valence-electron chi connectivity index (χ0n) is 52.8. The average molecular weight is 1190 g/mol. The first-order valence-corrected chi connectivity index (χ1v) is 31.0. The lowest BCUT2D eigenvalue weighted by molar-refractivity contribution is -0.129. The van der Waals surface area contributed by atoms with E-state index in [4.69, 9.17) is 0 Å². The van der Waals surface area contributed by atoms with Crippen molar-refractivity contribution >= 4 is 82.0 Å². The van der Waals surface area contributed by atoms with Crippen molar-refractivity contribution in [3.05, 3.63) is 0 Å². The van der Waals surface area contributed by atoms with Gasteiger partial charge in [-0.1, -0.05) is 96.8 Å². The van der Waals surface area contributed by atoms with Crippen LogP contribution in [0, 0.1) is 0 Å².